The van der Waals surface area contributed by atoms with Gasteiger partial charge in [0, 0.05) is 36.4 Å². The highest BCUT2D eigenvalue weighted by Gasteiger charge is 2.34. The van der Waals surface area contributed by atoms with Gasteiger partial charge in [0.2, 0.25) is 5.88 Å². The number of Topliss-reactive ketones (excluding diaryl/α,β-unsaturated/α-hetero) is 1. The van der Waals surface area contributed by atoms with Crippen molar-refractivity contribution in [2.24, 2.45) is 10.7 Å². The first-order valence-corrected chi connectivity index (χ1v) is 9.36. The molecule has 1 aliphatic heterocycles. The lowest BCUT2D eigenvalue weighted by Gasteiger charge is -2.32. The van der Waals surface area contributed by atoms with Gasteiger partial charge in [0.25, 0.3) is 0 Å². The van der Waals surface area contributed by atoms with Crippen LogP contribution in [0.4, 0.5) is 4.39 Å². The van der Waals surface area contributed by atoms with E-state index in [0.29, 0.717) is 29.3 Å². The minimum atomic E-state index is -0.900. The number of nitrogens with two attached hydrogens (primary N) is 1. The van der Waals surface area contributed by atoms with Gasteiger partial charge in [0.05, 0.1) is 25.0 Å². The Hall–Kier alpha value is -3.68. The number of carbonyl (C=O) groups excluding carboxylic acids is 1. The number of rotatable bonds is 5. The predicted molar refractivity (Wildman–Crippen MR) is 109 cm³/mol. The molecule has 2 aromatic heterocycles. The van der Waals surface area contributed by atoms with E-state index in [9.17, 15) is 9.18 Å². The number of hydrogen-bond donors (Lipinski definition) is 1. The first-order chi connectivity index (χ1) is 14.4. The summed E-state index contributed by atoms with van der Waals surface area (Å²) in [5, 5.41) is 0. The molecule has 0 spiro atoms. The largest absolute Gasteiger partial charge is 0.480 e. The average molecular weight is 405 g/mol. The van der Waals surface area contributed by atoms with Gasteiger partial charge in [-0.25, -0.2) is 14.4 Å². The molecular weight excluding hydrogens is 385 g/mol. The number of methoxy groups -OCH3 is 1. The van der Waals surface area contributed by atoms with Crippen LogP contribution in [0.15, 0.2) is 54.0 Å². The zero-order valence-corrected chi connectivity index (χ0v) is 16.6. The number of fused-ring (bicyclic) bond motifs is 1. The molecule has 0 amide bonds. The topological polar surface area (TPSA) is 103 Å². The van der Waals surface area contributed by atoms with Gasteiger partial charge in [-0.1, -0.05) is 6.07 Å². The fraction of sp³-hybridized carbons (Fsp3) is 0.227. The second kappa shape index (κ2) is 7.62. The number of ketones is 1. The molecule has 2 N–H and O–H groups in total. The number of ether oxygens (including phenoxy) is 1. The zero-order valence-electron chi connectivity index (χ0n) is 16.6. The third-order valence-electron chi connectivity index (χ3n) is 5.18. The summed E-state index contributed by atoms with van der Waals surface area (Å²) in [4.78, 5) is 29.4. The maximum Gasteiger partial charge on any atom is 0.232 e. The minimum Gasteiger partial charge on any atom is -0.480 e. The number of benzene rings is 1. The Bertz CT molecular complexity index is 1150. The summed E-state index contributed by atoms with van der Waals surface area (Å²) in [6.07, 6.45) is 6.64. The average Bonchev–Trinajstić information content (AvgIpc) is 2.75. The normalized spacial score (nSPS) is 17.8. The summed E-state index contributed by atoms with van der Waals surface area (Å²) in [5.41, 5.74) is 8.22. The fourth-order valence-corrected chi connectivity index (χ4v) is 3.65. The molecule has 0 aliphatic carbocycles. The number of amidine groups is 1. The predicted octanol–water partition coefficient (Wildman–Crippen LogP) is 2.62. The van der Waals surface area contributed by atoms with Gasteiger partial charge in [-0.3, -0.25) is 14.8 Å². The SMILES string of the molecule is COc1cnc(C(=O)Cc2ccc(F)c(C3(C)Cc4cnccc4C(N)=N3)c2)cn1. The van der Waals surface area contributed by atoms with Crippen molar-refractivity contribution < 1.29 is 13.9 Å². The van der Waals surface area contributed by atoms with Crippen LogP contribution in [-0.4, -0.2) is 33.7 Å². The van der Waals surface area contributed by atoms with Crippen molar-refractivity contribution in [2.45, 2.75) is 25.3 Å². The van der Waals surface area contributed by atoms with Crippen LogP contribution >= 0.6 is 0 Å². The molecule has 152 valence electrons. The van der Waals surface area contributed by atoms with Gasteiger partial charge in [-0.2, -0.15) is 0 Å². The third kappa shape index (κ3) is 3.63. The lowest BCUT2D eigenvalue weighted by atomic mass is 9.81. The van der Waals surface area contributed by atoms with E-state index in [-0.39, 0.29) is 17.9 Å². The highest BCUT2D eigenvalue weighted by atomic mass is 19.1. The van der Waals surface area contributed by atoms with E-state index in [1.807, 2.05) is 6.92 Å². The van der Waals surface area contributed by atoms with E-state index in [4.69, 9.17) is 10.5 Å². The molecule has 1 atom stereocenters. The minimum absolute atomic E-state index is 0.0572. The summed E-state index contributed by atoms with van der Waals surface area (Å²) in [6.45, 7) is 1.83. The van der Waals surface area contributed by atoms with Crippen molar-refractivity contribution in [3.63, 3.8) is 0 Å². The zero-order chi connectivity index (χ0) is 21.3. The van der Waals surface area contributed by atoms with Crippen LogP contribution in [-0.2, 0) is 18.4 Å². The lowest BCUT2D eigenvalue weighted by Crippen LogP contribution is -2.34. The Morgan fingerprint density at radius 1 is 1.23 bits per heavy atom. The summed E-state index contributed by atoms with van der Waals surface area (Å²) < 4.78 is 19.8. The van der Waals surface area contributed by atoms with Crippen LogP contribution in [0.1, 0.15) is 39.7 Å². The maximum absolute atomic E-state index is 14.8. The first-order valence-electron chi connectivity index (χ1n) is 9.36. The van der Waals surface area contributed by atoms with Crippen LogP contribution in [0, 0.1) is 5.82 Å². The van der Waals surface area contributed by atoms with E-state index in [1.54, 1.807) is 30.6 Å². The number of aliphatic imine (C=N–C) groups is 1. The van der Waals surface area contributed by atoms with E-state index in [2.05, 4.69) is 19.9 Å². The number of aromatic nitrogens is 3. The molecule has 0 bridgehead atoms. The van der Waals surface area contributed by atoms with Gasteiger partial charge in [0.1, 0.15) is 17.3 Å². The number of hydrogen-bond acceptors (Lipinski definition) is 7. The molecule has 8 heteroatoms. The smallest absolute Gasteiger partial charge is 0.232 e. The molecule has 7 nitrogen and oxygen atoms in total. The number of nitrogens with zero attached hydrogens (tertiary/aromatic N) is 4. The van der Waals surface area contributed by atoms with Gasteiger partial charge >= 0.3 is 0 Å². The lowest BCUT2D eigenvalue weighted by molar-refractivity contribution is 0.0987. The molecule has 3 heterocycles. The van der Waals surface area contributed by atoms with E-state index < -0.39 is 11.4 Å². The van der Waals surface area contributed by atoms with Gasteiger partial charge in [-0.15, -0.1) is 0 Å². The van der Waals surface area contributed by atoms with Crippen molar-refractivity contribution in [1.82, 2.24) is 15.0 Å². The van der Waals surface area contributed by atoms with Crippen molar-refractivity contribution in [3.05, 3.63) is 82.8 Å². The van der Waals surface area contributed by atoms with Crippen molar-refractivity contribution >= 4 is 11.6 Å². The molecule has 1 unspecified atom stereocenters. The summed E-state index contributed by atoms with van der Waals surface area (Å²) in [5.74, 6) is 0.0393. The quantitative estimate of drug-likeness (QED) is 0.655. The molecule has 0 radical (unpaired) electrons. The third-order valence-corrected chi connectivity index (χ3v) is 5.18. The van der Waals surface area contributed by atoms with Crippen LogP contribution in [0.25, 0.3) is 0 Å². The van der Waals surface area contributed by atoms with Crippen LogP contribution in [0.5, 0.6) is 5.88 Å². The summed E-state index contributed by atoms with van der Waals surface area (Å²) >= 11 is 0. The number of pyridine rings is 1. The van der Waals surface area contributed by atoms with Gasteiger partial charge in [0.15, 0.2) is 5.78 Å². The molecule has 0 saturated carbocycles. The highest BCUT2D eigenvalue weighted by Crippen LogP contribution is 2.36. The van der Waals surface area contributed by atoms with E-state index in [1.165, 1.54) is 25.6 Å². The van der Waals surface area contributed by atoms with Crippen molar-refractivity contribution in [2.75, 3.05) is 7.11 Å². The molecule has 3 aromatic rings. The highest BCUT2D eigenvalue weighted by molar-refractivity contribution is 6.00. The second-order valence-corrected chi connectivity index (χ2v) is 7.34. The monoisotopic (exact) mass is 405 g/mol. The molecular formula is C22H20FN5O2. The second-order valence-electron chi connectivity index (χ2n) is 7.34. The first kappa shape index (κ1) is 19.6. The fourth-order valence-electron chi connectivity index (χ4n) is 3.65. The standard InChI is InChI=1S/C22H20FN5O2/c1-22(9-14-10-25-6-5-15(14)21(24)28-22)16-7-13(3-4-17(16)23)8-19(29)18-11-27-20(30-2)12-26-18/h3-7,10-12H,8-9H2,1-2H3,(H2,24,28). The van der Waals surface area contributed by atoms with Crippen LogP contribution in [0.2, 0.25) is 0 Å². The van der Waals surface area contributed by atoms with Crippen molar-refractivity contribution in [1.29, 1.82) is 0 Å². The van der Waals surface area contributed by atoms with Crippen LogP contribution < -0.4 is 10.5 Å². The Labute approximate surface area is 172 Å². The van der Waals surface area contributed by atoms with Gasteiger partial charge < -0.3 is 10.5 Å². The molecule has 1 aliphatic rings. The summed E-state index contributed by atoms with van der Waals surface area (Å²) in [6, 6.07) is 6.41. The Morgan fingerprint density at radius 2 is 2.07 bits per heavy atom. The number of carbonyl (C=O) groups is 1. The maximum atomic E-state index is 14.8. The van der Waals surface area contributed by atoms with Gasteiger partial charge in [-0.05, 0) is 36.2 Å². The molecule has 1 aromatic carbocycles. The van der Waals surface area contributed by atoms with E-state index in [0.717, 1.165) is 11.1 Å². The Kier molecular flexibility index (Phi) is 4.99. The molecule has 0 saturated heterocycles. The van der Waals surface area contributed by atoms with Crippen molar-refractivity contribution in [3.8, 4) is 5.88 Å². The molecule has 30 heavy (non-hydrogen) atoms. The van der Waals surface area contributed by atoms with Crippen LogP contribution in [0.3, 0.4) is 0 Å². The number of halogens is 1. The molecule has 0 fully saturated rings. The Balaban J connectivity index is 1.64. The summed E-state index contributed by atoms with van der Waals surface area (Å²) in [7, 11) is 1.47. The van der Waals surface area contributed by atoms with E-state index >= 15 is 0 Å². The Morgan fingerprint density at radius 3 is 2.80 bits per heavy atom. The molecule has 4 rings (SSSR count).